The van der Waals surface area contributed by atoms with Gasteiger partial charge in [0.2, 0.25) is 0 Å². The molecule has 44 heavy (non-hydrogen) atoms. The third-order valence-electron chi connectivity index (χ3n) is 9.75. The maximum Gasteiger partial charge on any atom is 0.0535 e. The van der Waals surface area contributed by atoms with Gasteiger partial charge in [-0.2, -0.15) is 10.0 Å². The molecular formula is C42H39NS. The van der Waals surface area contributed by atoms with Crippen LogP contribution in [0.1, 0.15) is 48.9 Å². The molecule has 4 aliphatic rings. The van der Waals surface area contributed by atoms with Gasteiger partial charge in [0.25, 0.3) is 0 Å². The number of hydrogen-bond acceptors (Lipinski definition) is 0. The van der Waals surface area contributed by atoms with Gasteiger partial charge in [-0.1, -0.05) is 115 Å². The largest absolute Gasteiger partial charge is 0.317 e. The van der Waals surface area contributed by atoms with Crippen LogP contribution in [0, 0.1) is 0 Å². The van der Waals surface area contributed by atoms with Gasteiger partial charge in [0.05, 0.1) is 5.52 Å². The molecular weight excluding hydrogens is 551 g/mol. The SMILES string of the molecule is C1=CCCC(n2c3c(c4cc(S(c5ccccc5)(C5C=CC=CC5)C5C=C(c6ccccc6)C=CC5)ccc42)C=CCC3)=C1. The highest BCUT2D eigenvalue weighted by Crippen LogP contribution is 2.72. The molecule has 4 aliphatic carbocycles. The van der Waals surface area contributed by atoms with E-state index in [9.17, 15) is 0 Å². The minimum absolute atomic E-state index is 0.378. The average molecular weight is 590 g/mol. The first-order valence-corrected chi connectivity index (χ1v) is 17.9. The molecule has 218 valence electrons. The zero-order valence-corrected chi connectivity index (χ0v) is 26.0. The second kappa shape index (κ2) is 11.7. The van der Waals surface area contributed by atoms with Crippen molar-refractivity contribution >= 4 is 38.3 Å². The average Bonchev–Trinajstić information content (AvgIpc) is 3.44. The van der Waals surface area contributed by atoms with E-state index in [1.807, 2.05) is 0 Å². The van der Waals surface area contributed by atoms with Crippen LogP contribution in [0.25, 0.3) is 28.2 Å². The predicted molar refractivity (Wildman–Crippen MR) is 191 cm³/mol. The maximum absolute atomic E-state index is 2.62. The Labute approximate surface area is 263 Å². The second-order valence-electron chi connectivity index (χ2n) is 12.2. The number of benzene rings is 3. The van der Waals surface area contributed by atoms with Crippen molar-refractivity contribution in [3.8, 4) is 0 Å². The minimum atomic E-state index is -1.56. The summed E-state index contributed by atoms with van der Waals surface area (Å²) in [6.45, 7) is 0. The Morgan fingerprint density at radius 3 is 2.27 bits per heavy atom. The van der Waals surface area contributed by atoms with Crippen molar-refractivity contribution in [1.29, 1.82) is 0 Å². The molecule has 0 spiro atoms. The van der Waals surface area contributed by atoms with Crippen molar-refractivity contribution in [2.24, 2.45) is 0 Å². The molecule has 0 amide bonds. The van der Waals surface area contributed by atoms with Gasteiger partial charge in [0.1, 0.15) is 0 Å². The molecule has 0 bridgehead atoms. The van der Waals surface area contributed by atoms with Gasteiger partial charge >= 0.3 is 0 Å². The molecule has 4 aromatic rings. The first kappa shape index (κ1) is 27.3. The van der Waals surface area contributed by atoms with Crippen LogP contribution in [-0.4, -0.2) is 15.1 Å². The summed E-state index contributed by atoms with van der Waals surface area (Å²) >= 11 is 0. The molecule has 3 unspecified atom stereocenters. The second-order valence-corrected chi connectivity index (χ2v) is 15.8. The van der Waals surface area contributed by atoms with Gasteiger partial charge in [-0.05, 0) is 95.9 Å². The van der Waals surface area contributed by atoms with Crippen molar-refractivity contribution in [2.75, 3.05) is 0 Å². The molecule has 1 nitrogen and oxygen atoms in total. The summed E-state index contributed by atoms with van der Waals surface area (Å²) in [6.07, 6.45) is 35.0. The fraction of sp³-hybridized carbons (Fsp3) is 0.190. The molecule has 0 radical (unpaired) electrons. The molecule has 0 N–H and O–H groups in total. The molecule has 1 heterocycles. The van der Waals surface area contributed by atoms with Crippen molar-refractivity contribution < 1.29 is 0 Å². The lowest BCUT2D eigenvalue weighted by atomic mass is 9.99. The first-order valence-electron chi connectivity index (χ1n) is 16.2. The summed E-state index contributed by atoms with van der Waals surface area (Å²) in [5.41, 5.74) is 8.33. The van der Waals surface area contributed by atoms with Crippen molar-refractivity contribution in [3.63, 3.8) is 0 Å². The highest BCUT2D eigenvalue weighted by atomic mass is 32.3. The Hall–Kier alpha value is -4.27. The fourth-order valence-corrected chi connectivity index (χ4v) is 12.7. The van der Waals surface area contributed by atoms with E-state index < -0.39 is 10.0 Å². The number of nitrogens with zero attached hydrogens (tertiary/aromatic N) is 1. The van der Waals surface area contributed by atoms with Gasteiger partial charge < -0.3 is 4.57 Å². The highest BCUT2D eigenvalue weighted by molar-refractivity contribution is 8.35. The van der Waals surface area contributed by atoms with Gasteiger partial charge in [-0.25, -0.2) is 0 Å². The summed E-state index contributed by atoms with van der Waals surface area (Å²) in [4.78, 5) is 2.98. The van der Waals surface area contributed by atoms with E-state index in [1.54, 1.807) is 0 Å². The fourth-order valence-electron chi connectivity index (χ4n) is 7.79. The maximum atomic E-state index is 2.62. The van der Waals surface area contributed by atoms with Crippen molar-refractivity contribution in [1.82, 2.24) is 4.57 Å². The summed E-state index contributed by atoms with van der Waals surface area (Å²) < 4.78 is 2.60. The zero-order valence-electron chi connectivity index (χ0n) is 25.2. The van der Waals surface area contributed by atoms with Gasteiger partial charge in [0, 0.05) is 32.8 Å². The van der Waals surface area contributed by atoms with Crippen LogP contribution in [0.15, 0.2) is 155 Å². The normalized spacial score (nSPS) is 22.7. The minimum Gasteiger partial charge on any atom is -0.317 e. The molecule has 0 fully saturated rings. The summed E-state index contributed by atoms with van der Waals surface area (Å²) in [5, 5.41) is 2.20. The van der Waals surface area contributed by atoms with E-state index in [0.29, 0.717) is 10.5 Å². The zero-order chi connectivity index (χ0) is 29.3. The molecule has 3 aromatic carbocycles. The van der Waals surface area contributed by atoms with Crippen LogP contribution in [0.4, 0.5) is 0 Å². The van der Waals surface area contributed by atoms with Crippen LogP contribution in [0.5, 0.6) is 0 Å². The lowest BCUT2D eigenvalue weighted by molar-refractivity contribution is 0.863. The summed E-state index contributed by atoms with van der Waals surface area (Å²) in [6, 6.07) is 30.0. The van der Waals surface area contributed by atoms with Crippen LogP contribution < -0.4 is 0 Å². The standard InChI is InChI=1S/C42H39NS/c1-5-16-32(17-6-1)33-18-15-25-37(30-33)44(35-21-9-3-10-22-35,36-23-11-4-12-24-36)38-28-29-42-40(31-38)39-26-13-14-27-41(39)43(42)34-19-7-2-8-20-34/h1-7,9-13,15-19,21-23,26,28-31,36-37H,8,14,20,24-25,27H2. The Bertz CT molecular complexity index is 1910. The Balaban J connectivity index is 1.39. The highest BCUT2D eigenvalue weighted by Gasteiger charge is 2.42. The quantitative estimate of drug-likeness (QED) is 0.211. The topological polar surface area (TPSA) is 4.93 Å². The van der Waals surface area contributed by atoms with E-state index in [1.165, 1.54) is 48.8 Å². The first-order chi connectivity index (χ1) is 21.8. The molecule has 0 saturated carbocycles. The molecule has 2 heteroatoms. The molecule has 0 saturated heterocycles. The van der Waals surface area contributed by atoms with Gasteiger partial charge in [-0.15, -0.1) is 0 Å². The van der Waals surface area contributed by atoms with Crippen molar-refractivity contribution in [3.05, 3.63) is 163 Å². The lowest BCUT2D eigenvalue weighted by Gasteiger charge is -2.52. The number of fused-ring (bicyclic) bond motifs is 3. The van der Waals surface area contributed by atoms with E-state index in [-0.39, 0.29) is 0 Å². The van der Waals surface area contributed by atoms with Gasteiger partial charge in [-0.3, -0.25) is 0 Å². The number of allylic oxidation sites excluding steroid dienone is 11. The molecule has 1 aromatic heterocycles. The number of hydrogen-bond donors (Lipinski definition) is 0. The van der Waals surface area contributed by atoms with Gasteiger partial charge in [0.15, 0.2) is 0 Å². The van der Waals surface area contributed by atoms with Crippen LogP contribution in [0.2, 0.25) is 0 Å². The lowest BCUT2D eigenvalue weighted by Crippen LogP contribution is -2.29. The predicted octanol–water partition coefficient (Wildman–Crippen LogP) is 11.3. The monoisotopic (exact) mass is 589 g/mol. The van der Waals surface area contributed by atoms with E-state index in [2.05, 4.69) is 156 Å². The summed E-state index contributed by atoms with van der Waals surface area (Å²) in [7, 11) is -1.56. The molecule has 0 aliphatic heterocycles. The van der Waals surface area contributed by atoms with E-state index >= 15 is 0 Å². The third kappa shape index (κ3) is 4.55. The Kier molecular flexibility index (Phi) is 7.24. The van der Waals surface area contributed by atoms with Crippen LogP contribution >= 0.6 is 10.0 Å². The summed E-state index contributed by atoms with van der Waals surface area (Å²) in [5.74, 6) is 0. The van der Waals surface area contributed by atoms with Crippen LogP contribution in [0.3, 0.4) is 0 Å². The Morgan fingerprint density at radius 2 is 1.48 bits per heavy atom. The smallest absolute Gasteiger partial charge is 0.0535 e. The third-order valence-corrected chi connectivity index (χ3v) is 14.4. The molecule has 8 rings (SSSR count). The number of rotatable bonds is 6. The Morgan fingerprint density at radius 1 is 0.659 bits per heavy atom. The van der Waals surface area contributed by atoms with E-state index in [4.69, 9.17) is 0 Å². The van der Waals surface area contributed by atoms with E-state index in [0.717, 1.165) is 38.5 Å². The molecule has 3 atom stereocenters. The number of aromatic nitrogens is 1. The van der Waals surface area contributed by atoms with Crippen molar-refractivity contribution in [2.45, 2.75) is 58.8 Å². The van der Waals surface area contributed by atoms with Crippen LogP contribution in [-0.2, 0) is 6.42 Å².